The highest BCUT2D eigenvalue weighted by atomic mass is 16.5. The Bertz CT molecular complexity index is 573. The van der Waals surface area contributed by atoms with Gasteiger partial charge in [0, 0.05) is 12.6 Å². The van der Waals surface area contributed by atoms with Crippen molar-refractivity contribution in [1.82, 2.24) is 4.98 Å². The molecule has 0 aliphatic carbocycles. The molecule has 1 aromatic carbocycles. The van der Waals surface area contributed by atoms with Crippen LogP contribution in [0.4, 0.5) is 5.82 Å². The molecule has 0 amide bonds. The van der Waals surface area contributed by atoms with Gasteiger partial charge in [-0.05, 0) is 36.1 Å². The fourth-order valence-electron chi connectivity index (χ4n) is 1.90. The van der Waals surface area contributed by atoms with E-state index in [1.807, 2.05) is 37.3 Å². The SMILES string of the molecule is CCNc1cccc(Oc2cccc(C(C)(C)C)c2)n1. The Kier molecular flexibility index (Phi) is 4.28. The lowest BCUT2D eigenvalue weighted by atomic mass is 9.87. The van der Waals surface area contributed by atoms with Crippen LogP contribution in [0.25, 0.3) is 0 Å². The molecule has 20 heavy (non-hydrogen) atoms. The van der Waals surface area contributed by atoms with Gasteiger partial charge in [0.15, 0.2) is 0 Å². The predicted octanol–water partition coefficient (Wildman–Crippen LogP) is 4.60. The molecule has 0 bridgehead atoms. The van der Waals surface area contributed by atoms with E-state index in [9.17, 15) is 0 Å². The number of nitrogens with one attached hydrogen (secondary N) is 1. The molecule has 0 aliphatic heterocycles. The normalized spacial score (nSPS) is 11.2. The summed E-state index contributed by atoms with van der Waals surface area (Å²) < 4.78 is 5.85. The average molecular weight is 270 g/mol. The minimum atomic E-state index is 0.110. The highest BCUT2D eigenvalue weighted by molar-refractivity contribution is 5.39. The lowest BCUT2D eigenvalue weighted by Crippen LogP contribution is -2.10. The number of nitrogens with zero attached hydrogens (tertiary/aromatic N) is 1. The molecule has 2 rings (SSSR count). The summed E-state index contributed by atoms with van der Waals surface area (Å²) in [5, 5.41) is 3.18. The molecule has 0 saturated heterocycles. The Morgan fingerprint density at radius 2 is 1.85 bits per heavy atom. The highest BCUT2D eigenvalue weighted by Crippen LogP contribution is 2.28. The third kappa shape index (κ3) is 3.73. The number of ether oxygens (including phenoxy) is 1. The number of benzene rings is 1. The number of pyridine rings is 1. The Morgan fingerprint density at radius 1 is 1.10 bits per heavy atom. The van der Waals surface area contributed by atoms with Crippen molar-refractivity contribution in [1.29, 1.82) is 0 Å². The van der Waals surface area contributed by atoms with E-state index in [-0.39, 0.29) is 5.41 Å². The van der Waals surface area contributed by atoms with Gasteiger partial charge in [0.2, 0.25) is 5.88 Å². The van der Waals surface area contributed by atoms with Gasteiger partial charge in [-0.2, -0.15) is 4.98 Å². The van der Waals surface area contributed by atoms with E-state index in [2.05, 4.69) is 43.2 Å². The molecule has 0 saturated carbocycles. The quantitative estimate of drug-likeness (QED) is 0.881. The lowest BCUT2D eigenvalue weighted by molar-refractivity contribution is 0.460. The van der Waals surface area contributed by atoms with Crippen LogP contribution in [0.2, 0.25) is 0 Å². The van der Waals surface area contributed by atoms with Crippen LogP contribution in [0.5, 0.6) is 11.6 Å². The summed E-state index contributed by atoms with van der Waals surface area (Å²) in [6.45, 7) is 9.46. The second kappa shape index (κ2) is 5.95. The standard InChI is InChI=1S/C17H22N2O/c1-5-18-15-10-7-11-16(19-15)20-14-9-6-8-13(12-14)17(2,3)4/h6-12H,5H2,1-4H3,(H,18,19). The molecule has 1 aromatic heterocycles. The molecule has 106 valence electrons. The van der Waals surface area contributed by atoms with E-state index in [1.165, 1.54) is 5.56 Å². The molecule has 0 fully saturated rings. The maximum absolute atomic E-state index is 5.85. The van der Waals surface area contributed by atoms with Crippen molar-refractivity contribution in [3.63, 3.8) is 0 Å². The summed E-state index contributed by atoms with van der Waals surface area (Å²) in [6.07, 6.45) is 0. The van der Waals surface area contributed by atoms with Crippen molar-refractivity contribution in [2.45, 2.75) is 33.1 Å². The van der Waals surface area contributed by atoms with Crippen molar-refractivity contribution < 1.29 is 4.74 Å². The Morgan fingerprint density at radius 3 is 2.55 bits per heavy atom. The summed E-state index contributed by atoms with van der Waals surface area (Å²) in [4.78, 5) is 4.42. The number of rotatable bonds is 4. The van der Waals surface area contributed by atoms with Crippen molar-refractivity contribution in [3.05, 3.63) is 48.0 Å². The first-order valence-electron chi connectivity index (χ1n) is 6.98. The molecule has 0 spiro atoms. The number of anilines is 1. The molecule has 0 aliphatic rings. The van der Waals surface area contributed by atoms with Crippen LogP contribution in [0.3, 0.4) is 0 Å². The summed E-state index contributed by atoms with van der Waals surface area (Å²) in [5.74, 6) is 2.25. The van der Waals surface area contributed by atoms with Gasteiger partial charge in [0.05, 0.1) is 0 Å². The molecule has 0 radical (unpaired) electrons. The summed E-state index contributed by atoms with van der Waals surface area (Å²) in [6, 6.07) is 13.9. The van der Waals surface area contributed by atoms with Crippen molar-refractivity contribution in [2.24, 2.45) is 0 Å². The number of hydrogen-bond acceptors (Lipinski definition) is 3. The van der Waals surface area contributed by atoms with Gasteiger partial charge < -0.3 is 10.1 Å². The zero-order valence-corrected chi connectivity index (χ0v) is 12.6. The zero-order chi connectivity index (χ0) is 14.6. The molecule has 3 heteroatoms. The van der Waals surface area contributed by atoms with Gasteiger partial charge in [-0.15, -0.1) is 0 Å². The Hall–Kier alpha value is -2.03. The van der Waals surface area contributed by atoms with Crippen LogP contribution < -0.4 is 10.1 Å². The fourth-order valence-corrected chi connectivity index (χ4v) is 1.90. The molecule has 1 heterocycles. The number of aromatic nitrogens is 1. The van der Waals surface area contributed by atoms with Crippen LogP contribution in [0.1, 0.15) is 33.3 Å². The topological polar surface area (TPSA) is 34.1 Å². The van der Waals surface area contributed by atoms with E-state index >= 15 is 0 Å². The molecule has 0 unspecified atom stereocenters. The molecule has 1 N–H and O–H groups in total. The summed E-state index contributed by atoms with van der Waals surface area (Å²) in [5.41, 5.74) is 1.36. The van der Waals surface area contributed by atoms with E-state index in [0.717, 1.165) is 18.1 Å². The highest BCUT2D eigenvalue weighted by Gasteiger charge is 2.14. The zero-order valence-electron chi connectivity index (χ0n) is 12.6. The van der Waals surface area contributed by atoms with Crippen LogP contribution in [-0.4, -0.2) is 11.5 Å². The number of hydrogen-bond donors (Lipinski definition) is 1. The molecule has 3 nitrogen and oxygen atoms in total. The maximum atomic E-state index is 5.85. The third-order valence-corrected chi connectivity index (χ3v) is 3.00. The van der Waals surface area contributed by atoms with Gasteiger partial charge in [-0.1, -0.05) is 39.0 Å². The molecular formula is C17H22N2O. The van der Waals surface area contributed by atoms with Crippen molar-refractivity contribution in [2.75, 3.05) is 11.9 Å². The fraction of sp³-hybridized carbons (Fsp3) is 0.353. The van der Waals surface area contributed by atoms with Crippen molar-refractivity contribution >= 4 is 5.82 Å². The Balaban J connectivity index is 2.19. The smallest absolute Gasteiger partial charge is 0.221 e. The first-order valence-corrected chi connectivity index (χ1v) is 6.98. The van der Waals surface area contributed by atoms with Gasteiger partial charge in [-0.25, -0.2) is 0 Å². The minimum Gasteiger partial charge on any atom is -0.439 e. The van der Waals surface area contributed by atoms with Crippen LogP contribution in [0, 0.1) is 0 Å². The second-order valence-electron chi connectivity index (χ2n) is 5.77. The minimum absolute atomic E-state index is 0.110. The Labute approximate surface area is 121 Å². The predicted molar refractivity (Wildman–Crippen MR) is 83.6 cm³/mol. The van der Waals surface area contributed by atoms with Crippen LogP contribution in [0.15, 0.2) is 42.5 Å². The molecule has 0 atom stereocenters. The lowest BCUT2D eigenvalue weighted by Gasteiger charge is -2.19. The molecule has 2 aromatic rings. The van der Waals surface area contributed by atoms with Crippen LogP contribution >= 0.6 is 0 Å². The van der Waals surface area contributed by atoms with Crippen molar-refractivity contribution in [3.8, 4) is 11.6 Å². The average Bonchev–Trinajstić information content (AvgIpc) is 2.39. The summed E-state index contributed by atoms with van der Waals surface area (Å²) >= 11 is 0. The largest absolute Gasteiger partial charge is 0.439 e. The van der Waals surface area contributed by atoms with Gasteiger partial charge in [-0.3, -0.25) is 0 Å². The van der Waals surface area contributed by atoms with E-state index < -0.39 is 0 Å². The van der Waals surface area contributed by atoms with E-state index in [1.54, 1.807) is 0 Å². The third-order valence-electron chi connectivity index (χ3n) is 3.00. The second-order valence-corrected chi connectivity index (χ2v) is 5.77. The van der Waals surface area contributed by atoms with E-state index in [4.69, 9.17) is 4.74 Å². The summed E-state index contributed by atoms with van der Waals surface area (Å²) in [7, 11) is 0. The van der Waals surface area contributed by atoms with Gasteiger partial charge in [0.25, 0.3) is 0 Å². The van der Waals surface area contributed by atoms with Crippen LogP contribution in [-0.2, 0) is 5.41 Å². The van der Waals surface area contributed by atoms with Gasteiger partial charge in [0.1, 0.15) is 11.6 Å². The first kappa shape index (κ1) is 14.4. The first-order chi connectivity index (χ1) is 9.49. The molecular weight excluding hydrogens is 248 g/mol. The van der Waals surface area contributed by atoms with Gasteiger partial charge >= 0.3 is 0 Å². The van der Waals surface area contributed by atoms with E-state index in [0.29, 0.717) is 5.88 Å². The monoisotopic (exact) mass is 270 g/mol. The maximum Gasteiger partial charge on any atom is 0.221 e.